The van der Waals surface area contributed by atoms with E-state index in [4.69, 9.17) is 25.8 Å². The van der Waals surface area contributed by atoms with E-state index in [0.29, 0.717) is 65.5 Å². The highest BCUT2D eigenvalue weighted by molar-refractivity contribution is 6.34. The van der Waals surface area contributed by atoms with Crippen molar-refractivity contribution in [2.24, 2.45) is 0 Å². The number of hydrogen-bond donors (Lipinski definition) is 2. The quantitative estimate of drug-likeness (QED) is 0.472. The molecule has 168 valence electrons. The van der Waals surface area contributed by atoms with Gasteiger partial charge in [-0.05, 0) is 57.5 Å². The highest BCUT2D eigenvalue weighted by Gasteiger charge is 2.19. The lowest BCUT2D eigenvalue weighted by Crippen LogP contribution is -2.15. The minimum atomic E-state index is -0.399. The summed E-state index contributed by atoms with van der Waals surface area (Å²) in [6, 6.07) is 8.13. The molecular weight excluding hydrogens is 420 g/mol. The summed E-state index contributed by atoms with van der Waals surface area (Å²) >= 11 is 6.26. The minimum Gasteiger partial charge on any atom is -0.490 e. The molecule has 0 heterocycles. The number of amides is 2. The maximum absolute atomic E-state index is 13.0. The van der Waals surface area contributed by atoms with Crippen LogP contribution in [0.2, 0.25) is 5.02 Å². The molecule has 0 unspecified atom stereocenters. The number of carbonyl (C=O) groups excluding carboxylic acids is 2. The lowest BCUT2D eigenvalue weighted by molar-refractivity contribution is -0.116. The molecule has 2 N–H and O–H groups in total. The van der Waals surface area contributed by atoms with E-state index in [-0.39, 0.29) is 5.91 Å². The summed E-state index contributed by atoms with van der Waals surface area (Å²) in [4.78, 5) is 24.8. The summed E-state index contributed by atoms with van der Waals surface area (Å²) in [5, 5.41) is 5.93. The van der Waals surface area contributed by atoms with Gasteiger partial charge in [-0.2, -0.15) is 0 Å². The second-order valence-corrected chi connectivity index (χ2v) is 6.95. The molecule has 2 aromatic carbocycles. The predicted molar refractivity (Wildman–Crippen MR) is 123 cm³/mol. The van der Waals surface area contributed by atoms with Crippen LogP contribution in [0.5, 0.6) is 17.2 Å². The largest absolute Gasteiger partial charge is 0.490 e. The van der Waals surface area contributed by atoms with Gasteiger partial charge in [0.15, 0.2) is 11.5 Å². The lowest BCUT2D eigenvalue weighted by atomic mass is 10.1. The van der Waals surface area contributed by atoms with Crippen LogP contribution in [0.4, 0.5) is 11.4 Å². The van der Waals surface area contributed by atoms with Gasteiger partial charge in [-0.15, -0.1) is 0 Å². The van der Waals surface area contributed by atoms with Crippen LogP contribution in [0.3, 0.4) is 0 Å². The van der Waals surface area contributed by atoms with Gasteiger partial charge in [-0.25, -0.2) is 0 Å². The predicted octanol–water partition coefficient (Wildman–Crippen LogP) is 5.53. The second kappa shape index (κ2) is 12.1. The SMILES string of the molecule is CCCC(=O)Nc1ccc(Cl)c(NC(=O)c2cc(OCC)c(OCC)c(OCC)c2)c1. The van der Waals surface area contributed by atoms with Gasteiger partial charge in [0.1, 0.15) is 0 Å². The molecular formula is C23H29ClN2O5. The van der Waals surface area contributed by atoms with Crippen LogP contribution in [0.1, 0.15) is 50.9 Å². The fourth-order valence-corrected chi connectivity index (χ4v) is 3.03. The first-order valence-corrected chi connectivity index (χ1v) is 10.8. The summed E-state index contributed by atoms with van der Waals surface area (Å²) in [6.07, 6.45) is 1.15. The molecule has 7 nitrogen and oxygen atoms in total. The molecule has 8 heteroatoms. The third-order valence-electron chi connectivity index (χ3n) is 4.15. The standard InChI is InChI=1S/C23H29ClN2O5/c1-5-9-21(27)25-16-10-11-17(24)18(14-16)26-23(28)15-12-19(29-6-2)22(31-8-4)20(13-15)30-7-3/h10-14H,5-9H2,1-4H3,(H,25,27)(H,26,28). The van der Waals surface area contributed by atoms with Crippen LogP contribution in [0.15, 0.2) is 30.3 Å². The number of nitrogens with one attached hydrogen (secondary N) is 2. The Labute approximate surface area is 188 Å². The van der Waals surface area contributed by atoms with Gasteiger partial charge in [-0.3, -0.25) is 9.59 Å². The number of ether oxygens (including phenoxy) is 3. The molecule has 0 aliphatic carbocycles. The fourth-order valence-electron chi connectivity index (χ4n) is 2.86. The molecule has 0 aliphatic heterocycles. The van der Waals surface area contributed by atoms with Crippen molar-refractivity contribution in [2.45, 2.75) is 40.5 Å². The minimum absolute atomic E-state index is 0.101. The number of halogens is 1. The summed E-state index contributed by atoms with van der Waals surface area (Å²) < 4.78 is 17.0. The zero-order valence-corrected chi connectivity index (χ0v) is 19.1. The van der Waals surface area contributed by atoms with Crippen molar-refractivity contribution in [2.75, 3.05) is 30.5 Å². The summed E-state index contributed by atoms with van der Waals surface area (Å²) in [5.41, 5.74) is 1.26. The highest BCUT2D eigenvalue weighted by atomic mass is 35.5. The van der Waals surface area contributed by atoms with E-state index in [9.17, 15) is 9.59 Å². The first kappa shape index (κ1) is 24.3. The Bertz CT molecular complexity index is 890. The highest BCUT2D eigenvalue weighted by Crippen LogP contribution is 2.39. The number of rotatable bonds is 11. The summed E-state index contributed by atoms with van der Waals surface area (Å²) in [5.74, 6) is 0.806. The number of hydrogen-bond acceptors (Lipinski definition) is 5. The monoisotopic (exact) mass is 448 g/mol. The smallest absolute Gasteiger partial charge is 0.255 e. The first-order chi connectivity index (χ1) is 14.9. The Kier molecular flexibility index (Phi) is 9.46. The summed E-state index contributed by atoms with van der Waals surface area (Å²) in [7, 11) is 0. The molecule has 0 bridgehead atoms. The average molecular weight is 449 g/mol. The zero-order valence-electron chi connectivity index (χ0n) is 18.3. The maximum Gasteiger partial charge on any atom is 0.255 e. The molecule has 0 radical (unpaired) electrons. The molecule has 31 heavy (non-hydrogen) atoms. The molecule has 0 aromatic heterocycles. The van der Waals surface area contributed by atoms with Gasteiger partial charge in [-0.1, -0.05) is 18.5 Å². The normalized spacial score (nSPS) is 10.4. The first-order valence-electron chi connectivity index (χ1n) is 10.4. The van der Waals surface area contributed by atoms with Crippen molar-refractivity contribution in [1.82, 2.24) is 0 Å². The zero-order chi connectivity index (χ0) is 22.8. The molecule has 0 fully saturated rings. The molecule has 0 spiro atoms. The van der Waals surface area contributed by atoms with E-state index in [1.54, 1.807) is 30.3 Å². The van der Waals surface area contributed by atoms with Crippen molar-refractivity contribution in [3.05, 3.63) is 40.9 Å². The Morgan fingerprint density at radius 2 is 1.48 bits per heavy atom. The summed E-state index contributed by atoms with van der Waals surface area (Å²) in [6.45, 7) is 8.72. The molecule has 2 rings (SSSR count). The molecule has 2 aromatic rings. The Balaban J connectivity index is 2.33. The molecule has 0 saturated carbocycles. The van der Waals surface area contributed by atoms with Crippen molar-refractivity contribution in [1.29, 1.82) is 0 Å². The van der Waals surface area contributed by atoms with Crippen LogP contribution in [-0.2, 0) is 4.79 Å². The lowest BCUT2D eigenvalue weighted by Gasteiger charge is -2.17. The van der Waals surface area contributed by atoms with Crippen LogP contribution in [0, 0.1) is 0 Å². The van der Waals surface area contributed by atoms with Crippen molar-refractivity contribution < 1.29 is 23.8 Å². The van der Waals surface area contributed by atoms with Gasteiger partial charge in [0.05, 0.1) is 30.5 Å². The van der Waals surface area contributed by atoms with E-state index < -0.39 is 5.91 Å². The topological polar surface area (TPSA) is 85.9 Å². The van der Waals surface area contributed by atoms with Crippen molar-refractivity contribution in [3.8, 4) is 17.2 Å². The fraction of sp³-hybridized carbons (Fsp3) is 0.391. The number of carbonyl (C=O) groups is 2. The Hall–Kier alpha value is -2.93. The third kappa shape index (κ3) is 6.79. The van der Waals surface area contributed by atoms with E-state index in [1.807, 2.05) is 27.7 Å². The third-order valence-corrected chi connectivity index (χ3v) is 4.48. The van der Waals surface area contributed by atoms with Gasteiger partial charge < -0.3 is 24.8 Å². The van der Waals surface area contributed by atoms with Crippen LogP contribution < -0.4 is 24.8 Å². The van der Waals surface area contributed by atoms with Crippen LogP contribution in [-0.4, -0.2) is 31.6 Å². The molecule has 0 aliphatic rings. The van der Waals surface area contributed by atoms with Crippen LogP contribution >= 0.6 is 11.6 Å². The Morgan fingerprint density at radius 1 is 0.871 bits per heavy atom. The van der Waals surface area contributed by atoms with E-state index >= 15 is 0 Å². The van der Waals surface area contributed by atoms with E-state index in [1.165, 1.54) is 0 Å². The Morgan fingerprint density at radius 3 is 2.03 bits per heavy atom. The number of anilines is 2. The van der Waals surface area contributed by atoms with Crippen molar-refractivity contribution in [3.63, 3.8) is 0 Å². The second-order valence-electron chi connectivity index (χ2n) is 6.55. The van der Waals surface area contributed by atoms with E-state index in [0.717, 1.165) is 6.42 Å². The molecule has 0 saturated heterocycles. The van der Waals surface area contributed by atoms with E-state index in [2.05, 4.69) is 10.6 Å². The van der Waals surface area contributed by atoms with Gasteiger partial charge in [0.25, 0.3) is 5.91 Å². The van der Waals surface area contributed by atoms with Gasteiger partial charge >= 0.3 is 0 Å². The number of benzene rings is 2. The average Bonchev–Trinajstić information content (AvgIpc) is 2.73. The van der Waals surface area contributed by atoms with Gasteiger partial charge in [0.2, 0.25) is 11.7 Å². The maximum atomic E-state index is 13.0. The molecule has 2 amide bonds. The van der Waals surface area contributed by atoms with Gasteiger partial charge in [0, 0.05) is 17.7 Å². The molecule has 0 atom stereocenters. The van der Waals surface area contributed by atoms with Crippen molar-refractivity contribution >= 4 is 34.8 Å². The van der Waals surface area contributed by atoms with Crippen LogP contribution in [0.25, 0.3) is 0 Å².